The fourth-order valence-corrected chi connectivity index (χ4v) is 4.29. The molecular formula is C22H28N2O5S. The summed E-state index contributed by atoms with van der Waals surface area (Å²) in [5.41, 5.74) is 3.34. The Morgan fingerprint density at radius 3 is 2.27 bits per heavy atom. The Hall–Kier alpha value is -1.94. The maximum atomic E-state index is 12.5. The maximum Gasteiger partial charge on any atom is 0.330 e. The zero-order valence-corrected chi connectivity index (χ0v) is 18.1. The van der Waals surface area contributed by atoms with Crippen LogP contribution in [-0.2, 0) is 32.2 Å². The van der Waals surface area contributed by atoms with Gasteiger partial charge in [-0.2, -0.15) is 0 Å². The molecule has 2 aromatic carbocycles. The molecule has 0 bridgehead atoms. The molecule has 1 aliphatic rings. The van der Waals surface area contributed by atoms with E-state index in [4.69, 9.17) is 4.74 Å². The van der Waals surface area contributed by atoms with Crippen LogP contribution in [0.15, 0.2) is 53.4 Å². The Kier molecular flexibility index (Phi) is 8.26. The number of hydrogen-bond donors (Lipinski definition) is 2. The first kappa shape index (κ1) is 22.7. The van der Waals surface area contributed by atoms with E-state index in [0.717, 1.165) is 44.0 Å². The summed E-state index contributed by atoms with van der Waals surface area (Å²) in [4.78, 5) is 14.6. The van der Waals surface area contributed by atoms with Crippen molar-refractivity contribution in [1.82, 2.24) is 9.62 Å². The molecule has 0 radical (unpaired) electrons. The smallest absolute Gasteiger partial charge is 0.330 e. The summed E-state index contributed by atoms with van der Waals surface area (Å²) >= 11 is -1.66. The summed E-state index contributed by atoms with van der Waals surface area (Å²) in [5.74, 6) is -0.660. The highest BCUT2D eigenvalue weighted by atomic mass is 32.2. The predicted octanol–water partition coefficient (Wildman–Crippen LogP) is 1.72. The number of carbonyl (C=O) groups excluding carboxylic acids is 1. The molecule has 162 valence electrons. The lowest BCUT2D eigenvalue weighted by molar-refractivity contribution is -0.145. The number of aliphatic hydroxyl groups is 1. The van der Waals surface area contributed by atoms with Crippen LogP contribution < -0.4 is 4.72 Å². The quantitative estimate of drug-likeness (QED) is 0.485. The van der Waals surface area contributed by atoms with E-state index in [-0.39, 0.29) is 0 Å². The van der Waals surface area contributed by atoms with Gasteiger partial charge in [0.1, 0.15) is 0 Å². The largest absolute Gasteiger partial charge is 0.593 e. The molecular weight excluding hydrogens is 404 g/mol. The number of ether oxygens (including phenoxy) is 2. The molecule has 8 heteroatoms. The molecule has 2 N–H and O–H groups in total. The molecule has 0 spiro atoms. The van der Waals surface area contributed by atoms with Crippen LogP contribution in [0.4, 0.5) is 0 Å². The Morgan fingerprint density at radius 2 is 1.73 bits per heavy atom. The van der Waals surface area contributed by atoms with Gasteiger partial charge < -0.3 is 19.1 Å². The van der Waals surface area contributed by atoms with Gasteiger partial charge in [0.2, 0.25) is 0 Å². The number of nitrogens with one attached hydrogen (secondary N) is 1. The first-order valence-electron chi connectivity index (χ1n) is 9.91. The molecule has 2 aromatic rings. The number of aliphatic hydroxyl groups excluding tert-OH is 1. The van der Waals surface area contributed by atoms with E-state index in [1.54, 1.807) is 12.1 Å². The molecule has 1 heterocycles. The summed E-state index contributed by atoms with van der Waals surface area (Å²) in [6, 6.07) is 14.6. The van der Waals surface area contributed by atoms with Crippen LogP contribution in [0, 0.1) is 0 Å². The Morgan fingerprint density at radius 1 is 1.17 bits per heavy atom. The van der Waals surface area contributed by atoms with Gasteiger partial charge >= 0.3 is 5.97 Å². The summed E-state index contributed by atoms with van der Waals surface area (Å²) in [6.07, 6.45) is -1.03. The minimum Gasteiger partial charge on any atom is -0.593 e. The molecule has 0 aliphatic carbocycles. The van der Waals surface area contributed by atoms with Gasteiger partial charge in [-0.3, -0.25) is 9.69 Å². The molecule has 1 saturated heterocycles. The fourth-order valence-electron chi connectivity index (χ4n) is 3.24. The van der Waals surface area contributed by atoms with Crippen molar-refractivity contribution < 1.29 is 23.9 Å². The van der Waals surface area contributed by atoms with Gasteiger partial charge in [0.05, 0.1) is 37.8 Å². The highest BCUT2D eigenvalue weighted by Gasteiger charge is 2.30. The number of hydrogen-bond acceptors (Lipinski definition) is 7. The van der Waals surface area contributed by atoms with Crippen molar-refractivity contribution >= 4 is 17.3 Å². The molecule has 7 nitrogen and oxygen atoms in total. The molecule has 0 amide bonds. The molecule has 3 atom stereocenters. The molecule has 0 aromatic heterocycles. The highest BCUT2D eigenvalue weighted by Crippen LogP contribution is 2.22. The average Bonchev–Trinajstić information content (AvgIpc) is 2.78. The summed E-state index contributed by atoms with van der Waals surface area (Å²) in [5, 5.41) is 9.72. The Bertz CT molecular complexity index is 807. The van der Waals surface area contributed by atoms with Gasteiger partial charge in [-0.25, -0.2) is 0 Å². The van der Waals surface area contributed by atoms with Crippen LogP contribution in [0.3, 0.4) is 0 Å². The Balaban J connectivity index is 1.62. The molecule has 0 saturated carbocycles. The minimum atomic E-state index is -1.66. The lowest BCUT2D eigenvalue weighted by Crippen LogP contribution is -2.48. The lowest BCUT2D eigenvalue weighted by Gasteiger charge is -2.26. The summed E-state index contributed by atoms with van der Waals surface area (Å²) in [6.45, 7) is 5.85. The normalized spacial score (nSPS) is 17.9. The van der Waals surface area contributed by atoms with Crippen LogP contribution in [-0.4, -0.2) is 66.1 Å². The van der Waals surface area contributed by atoms with Crippen molar-refractivity contribution in [3.8, 4) is 11.1 Å². The van der Waals surface area contributed by atoms with E-state index in [1.807, 2.05) is 12.1 Å². The minimum absolute atomic E-state index is 0.511. The number of esters is 1. The monoisotopic (exact) mass is 432 g/mol. The third-order valence-corrected chi connectivity index (χ3v) is 6.21. The SMILES string of the molecule is COC(=O)[C@@H](N[S+]([O-])c1ccc(-c2ccc(CN3CCOCC3)cc2)cc1)[C@@H](C)O. The van der Waals surface area contributed by atoms with E-state index in [1.165, 1.54) is 19.6 Å². The fraction of sp³-hybridized carbons (Fsp3) is 0.409. The number of nitrogens with zero attached hydrogens (tertiary/aromatic N) is 1. The van der Waals surface area contributed by atoms with Crippen molar-refractivity contribution in [3.63, 3.8) is 0 Å². The van der Waals surface area contributed by atoms with Crippen LogP contribution in [0.2, 0.25) is 0 Å². The van der Waals surface area contributed by atoms with Gasteiger partial charge in [-0.1, -0.05) is 24.3 Å². The standard InChI is InChI=1S/C22H28N2O5S/c1-16(25)21(22(26)28-2)23-30(27)20-9-7-19(8-10-20)18-5-3-17(4-6-18)15-24-11-13-29-14-12-24/h3-10,16,21,23,25H,11-15H2,1-2H3/t16-,21+,30?/m1/s1. The van der Waals surface area contributed by atoms with Gasteiger partial charge in [0.25, 0.3) is 0 Å². The van der Waals surface area contributed by atoms with E-state index in [9.17, 15) is 14.5 Å². The van der Waals surface area contributed by atoms with Gasteiger partial charge in [0.15, 0.2) is 10.9 Å². The highest BCUT2D eigenvalue weighted by molar-refractivity contribution is 7.89. The van der Waals surface area contributed by atoms with Crippen molar-refractivity contribution in [2.45, 2.75) is 30.5 Å². The molecule has 1 fully saturated rings. The van der Waals surface area contributed by atoms with Gasteiger partial charge in [0, 0.05) is 19.6 Å². The van der Waals surface area contributed by atoms with E-state index in [0.29, 0.717) is 4.90 Å². The van der Waals surface area contributed by atoms with E-state index < -0.39 is 29.5 Å². The topological polar surface area (TPSA) is 94.1 Å². The van der Waals surface area contributed by atoms with Crippen LogP contribution in [0.25, 0.3) is 11.1 Å². The Labute approximate surface area is 180 Å². The molecule has 3 rings (SSSR count). The van der Waals surface area contributed by atoms with Crippen molar-refractivity contribution in [2.75, 3.05) is 33.4 Å². The summed E-state index contributed by atoms with van der Waals surface area (Å²) in [7, 11) is 1.23. The number of morpholine rings is 1. The van der Waals surface area contributed by atoms with Crippen LogP contribution in [0.1, 0.15) is 12.5 Å². The third kappa shape index (κ3) is 6.04. The molecule has 30 heavy (non-hydrogen) atoms. The van der Waals surface area contributed by atoms with Crippen molar-refractivity contribution in [3.05, 3.63) is 54.1 Å². The second-order valence-corrected chi connectivity index (χ2v) is 8.48. The second-order valence-electron chi connectivity index (χ2n) is 7.24. The lowest BCUT2D eigenvalue weighted by atomic mass is 10.0. The third-order valence-electron chi connectivity index (χ3n) is 5.04. The van der Waals surface area contributed by atoms with Gasteiger partial charge in [-0.15, -0.1) is 4.72 Å². The van der Waals surface area contributed by atoms with E-state index >= 15 is 0 Å². The number of methoxy groups -OCH3 is 1. The number of carbonyl (C=O) groups is 1. The van der Waals surface area contributed by atoms with Gasteiger partial charge in [-0.05, 0) is 47.9 Å². The number of rotatable bonds is 8. The van der Waals surface area contributed by atoms with E-state index in [2.05, 4.69) is 38.6 Å². The zero-order valence-electron chi connectivity index (χ0n) is 17.2. The second kappa shape index (κ2) is 10.9. The van der Waals surface area contributed by atoms with Crippen LogP contribution in [0.5, 0.6) is 0 Å². The first-order chi connectivity index (χ1) is 14.5. The number of benzene rings is 2. The molecule has 1 aliphatic heterocycles. The van der Waals surface area contributed by atoms with Crippen molar-refractivity contribution in [2.24, 2.45) is 0 Å². The van der Waals surface area contributed by atoms with Crippen LogP contribution >= 0.6 is 0 Å². The first-order valence-corrected chi connectivity index (χ1v) is 11.1. The predicted molar refractivity (Wildman–Crippen MR) is 115 cm³/mol. The molecule has 1 unspecified atom stereocenters. The maximum absolute atomic E-state index is 12.5. The zero-order chi connectivity index (χ0) is 21.5. The average molecular weight is 433 g/mol. The van der Waals surface area contributed by atoms with Crippen molar-refractivity contribution in [1.29, 1.82) is 0 Å². The summed E-state index contributed by atoms with van der Waals surface area (Å²) < 4.78 is 25.2.